The number of likely N-dealkylation sites (tertiary alicyclic amines) is 2. The number of imidazole rings is 2. The summed E-state index contributed by atoms with van der Waals surface area (Å²) in [5, 5.41) is 5.41. The van der Waals surface area contributed by atoms with Gasteiger partial charge in [0.1, 0.15) is 23.7 Å². The summed E-state index contributed by atoms with van der Waals surface area (Å²) in [4.78, 5) is 71.3. The van der Waals surface area contributed by atoms with Gasteiger partial charge in [0.15, 0.2) is 0 Å². The van der Waals surface area contributed by atoms with Crippen LogP contribution < -0.4 is 10.6 Å². The van der Waals surface area contributed by atoms with Crippen LogP contribution in [0.3, 0.4) is 0 Å². The third-order valence-electron chi connectivity index (χ3n) is 11.0. The molecule has 4 heterocycles. The van der Waals surface area contributed by atoms with Gasteiger partial charge in [-0.1, -0.05) is 51.7 Å². The number of nitrogens with zero attached hydrogens (tertiary/aromatic N) is 4. The lowest BCUT2D eigenvalue weighted by atomic mass is 10.0. The van der Waals surface area contributed by atoms with Gasteiger partial charge in [0.2, 0.25) is 11.8 Å². The van der Waals surface area contributed by atoms with Gasteiger partial charge in [-0.3, -0.25) is 9.59 Å². The van der Waals surface area contributed by atoms with E-state index in [0.29, 0.717) is 18.3 Å². The molecule has 6 atom stereocenters. The summed E-state index contributed by atoms with van der Waals surface area (Å²) in [5.41, 5.74) is 5.09. The van der Waals surface area contributed by atoms with E-state index in [2.05, 4.69) is 37.4 Å². The number of H-pyrrole nitrogens is 2. The highest BCUT2D eigenvalue weighted by Gasteiger charge is 2.56. The molecule has 4 amide bonds. The Bertz CT molecular complexity index is 2150. The predicted molar refractivity (Wildman–Crippen MR) is 204 cm³/mol. The molecule has 7 rings (SSSR count). The first-order valence-electron chi connectivity index (χ1n) is 18.9. The van der Waals surface area contributed by atoms with Crippen LogP contribution in [0.15, 0.2) is 48.7 Å². The number of carbonyl (C=O) groups excluding carboxylic acids is 4. The third kappa shape index (κ3) is 7.74. The van der Waals surface area contributed by atoms with Crippen molar-refractivity contribution in [1.82, 2.24) is 40.4 Å². The minimum atomic E-state index is -0.692. The lowest BCUT2D eigenvalue weighted by Gasteiger charge is -2.31. The molecule has 0 bridgehead atoms. The molecule has 2 aliphatic heterocycles. The summed E-state index contributed by atoms with van der Waals surface area (Å²) in [6.45, 7) is 8.20. The number of benzene rings is 2. The highest BCUT2D eigenvalue weighted by Crippen LogP contribution is 2.53. The molecule has 0 spiro atoms. The number of alkyl carbamates (subject to hydrolysis) is 2. The summed E-state index contributed by atoms with van der Waals surface area (Å²) in [7, 11) is 2.58. The van der Waals surface area contributed by atoms with E-state index in [9.17, 15) is 19.2 Å². The molecule has 0 radical (unpaired) electrons. The van der Waals surface area contributed by atoms with E-state index in [0.717, 1.165) is 64.9 Å². The molecule has 2 aromatic carbocycles. The minimum Gasteiger partial charge on any atom is -0.453 e. The lowest BCUT2D eigenvalue weighted by Crippen LogP contribution is -2.52. The standard InChI is InChI=1S/C41H48N8O6/c1-22(2)34(46-40(52)54-5)38(50)48-17-7-8-31(48)36-42-21-30(45-36)26-14-11-24(12-15-26)9-10-25-13-16-28-29(18-25)44-37(43-28)33-20-27-19-32(27)49(33)39(51)35(23(3)4)47-41(53)55-6/h11-16,18,21-23,27,31-35H,7-8,17,19-20H2,1-6H3,(H,42,45)(H,43,44)(H,46,52)(H,47,53)/t27-,31+,32-,33+,34+,35+/m1/s1. The van der Waals surface area contributed by atoms with Crippen molar-refractivity contribution in [2.45, 2.75) is 83.6 Å². The van der Waals surface area contributed by atoms with Gasteiger partial charge in [-0.2, -0.15) is 0 Å². The highest BCUT2D eigenvalue weighted by molar-refractivity contribution is 5.88. The van der Waals surface area contributed by atoms with Gasteiger partial charge < -0.3 is 39.9 Å². The van der Waals surface area contributed by atoms with Crippen LogP contribution in [0.1, 0.15) is 88.2 Å². The second-order valence-electron chi connectivity index (χ2n) is 15.3. The van der Waals surface area contributed by atoms with Gasteiger partial charge in [-0.15, -0.1) is 0 Å². The monoisotopic (exact) mass is 748 g/mol. The van der Waals surface area contributed by atoms with Gasteiger partial charge in [0.25, 0.3) is 0 Å². The summed E-state index contributed by atoms with van der Waals surface area (Å²) in [6, 6.07) is 12.1. The molecule has 0 unspecified atom stereocenters. The van der Waals surface area contributed by atoms with Crippen molar-refractivity contribution >= 4 is 35.0 Å². The van der Waals surface area contributed by atoms with E-state index in [4.69, 9.17) is 14.5 Å². The number of ether oxygens (including phenoxy) is 2. The van der Waals surface area contributed by atoms with Crippen LogP contribution >= 0.6 is 0 Å². The van der Waals surface area contributed by atoms with Crippen molar-refractivity contribution < 1.29 is 28.7 Å². The topological polar surface area (TPSA) is 175 Å². The first-order valence-corrected chi connectivity index (χ1v) is 18.9. The molecule has 3 aliphatic rings. The quantitative estimate of drug-likeness (QED) is 0.164. The Balaban J connectivity index is 1.02. The van der Waals surface area contributed by atoms with Crippen LogP contribution in [0.25, 0.3) is 22.3 Å². The molecule has 2 saturated heterocycles. The van der Waals surface area contributed by atoms with Crippen molar-refractivity contribution in [3.8, 4) is 23.1 Å². The Morgan fingerprint density at radius 1 is 0.818 bits per heavy atom. The third-order valence-corrected chi connectivity index (χ3v) is 11.0. The van der Waals surface area contributed by atoms with Crippen molar-refractivity contribution in [2.75, 3.05) is 20.8 Å². The Labute approximate surface area is 320 Å². The Kier molecular flexibility index (Phi) is 10.6. The van der Waals surface area contributed by atoms with Crippen molar-refractivity contribution in [3.05, 3.63) is 71.4 Å². The average molecular weight is 749 g/mol. The second-order valence-corrected chi connectivity index (χ2v) is 15.3. The smallest absolute Gasteiger partial charge is 0.407 e. The first-order chi connectivity index (χ1) is 26.4. The van der Waals surface area contributed by atoms with Crippen LogP contribution in [0, 0.1) is 29.6 Å². The average Bonchev–Trinajstić information content (AvgIpc) is 3.68. The van der Waals surface area contributed by atoms with E-state index in [-0.39, 0.29) is 41.8 Å². The van der Waals surface area contributed by atoms with Crippen LogP contribution in [0.4, 0.5) is 9.59 Å². The Morgan fingerprint density at radius 2 is 1.47 bits per heavy atom. The maximum absolute atomic E-state index is 13.8. The number of nitrogens with one attached hydrogen (secondary N) is 4. The second kappa shape index (κ2) is 15.5. The number of methoxy groups -OCH3 is 2. The number of hydrogen-bond donors (Lipinski definition) is 4. The van der Waals surface area contributed by atoms with E-state index in [1.54, 1.807) is 11.1 Å². The van der Waals surface area contributed by atoms with Gasteiger partial charge in [0.05, 0.1) is 49.2 Å². The Morgan fingerprint density at radius 3 is 2.15 bits per heavy atom. The van der Waals surface area contributed by atoms with Gasteiger partial charge in [-0.05, 0) is 79.3 Å². The van der Waals surface area contributed by atoms with Crippen LogP contribution in [0.5, 0.6) is 0 Å². The Hall–Kier alpha value is -5.84. The molecular formula is C41H48N8O6. The van der Waals surface area contributed by atoms with Crippen molar-refractivity contribution in [1.29, 1.82) is 0 Å². The predicted octanol–water partition coefficient (Wildman–Crippen LogP) is 5.44. The minimum absolute atomic E-state index is 0.106. The maximum atomic E-state index is 13.8. The summed E-state index contributed by atoms with van der Waals surface area (Å²) >= 11 is 0. The fourth-order valence-electron chi connectivity index (χ4n) is 7.87. The normalized spacial score (nSPS) is 21.2. The van der Waals surface area contributed by atoms with Gasteiger partial charge in [-0.25, -0.2) is 19.6 Å². The lowest BCUT2D eigenvalue weighted by molar-refractivity contribution is -0.137. The van der Waals surface area contributed by atoms with Gasteiger partial charge >= 0.3 is 12.2 Å². The first kappa shape index (κ1) is 37.5. The van der Waals surface area contributed by atoms with E-state index >= 15 is 0 Å². The number of piperidine rings is 1. The maximum Gasteiger partial charge on any atom is 0.407 e. The largest absolute Gasteiger partial charge is 0.453 e. The van der Waals surface area contributed by atoms with E-state index in [1.165, 1.54) is 14.2 Å². The fraction of sp³-hybridized carbons (Fsp3) is 0.463. The molecule has 14 nitrogen and oxygen atoms in total. The molecule has 4 aromatic rings. The number of rotatable bonds is 9. The van der Waals surface area contributed by atoms with E-state index in [1.807, 2.05) is 75.1 Å². The van der Waals surface area contributed by atoms with E-state index < -0.39 is 24.3 Å². The number of aromatic amines is 2. The number of hydrogen-bond acceptors (Lipinski definition) is 8. The molecule has 2 aromatic heterocycles. The van der Waals surface area contributed by atoms with Crippen molar-refractivity contribution in [3.63, 3.8) is 0 Å². The highest BCUT2D eigenvalue weighted by atomic mass is 16.5. The molecule has 3 fully saturated rings. The van der Waals surface area contributed by atoms with Crippen LogP contribution in [-0.4, -0.2) is 92.6 Å². The summed E-state index contributed by atoms with van der Waals surface area (Å²) in [5.74, 6) is 7.93. The SMILES string of the molecule is COC(=O)N[C@H](C(=O)N1CCC[C@H]1c1ncc(-c2ccc(C#Cc3ccc4nc([C@@H]5C[C@H]6C[C@H]6N5C(=O)[C@@H](NC(=O)OC)C(C)C)[nH]c4c3)cc2)[nH]1)C(C)C. The molecule has 4 N–H and O–H groups in total. The zero-order chi connectivity index (χ0) is 39.0. The summed E-state index contributed by atoms with van der Waals surface area (Å²) in [6.07, 6.45) is 3.94. The number of fused-ring (bicyclic) bond motifs is 2. The van der Waals surface area contributed by atoms with Crippen LogP contribution in [0.2, 0.25) is 0 Å². The molecule has 14 heteroatoms. The zero-order valence-corrected chi connectivity index (χ0v) is 32.0. The molecular weight excluding hydrogens is 701 g/mol. The van der Waals surface area contributed by atoms with Gasteiger partial charge in [0, 0.05) is 23.7 Å². The summed E-state index contributed by atoms with van der Waals surface area (Å²) < 4.78 is 9.53. The zero-order valence-electron chi connectivity index (χ0n) is 32.0. The van der Waals surface area contributed by atoms with Crippen LogP contribution in [-0.2, 0) is 19.1 Å². The molecule has 55 heavy (non-hydrogen) atoms. The fourth-order valence-corrected chi connectivity index (χ4v) is 7.87. The number of aromatic nitrogens is 4. The molecule has 1 aliphatic carbocycles. The number of amides is 4. The number of carbonyl (C=O) groups is 4. The van der Waals surface area contributed by atoms with Crippen molar-refractivity contribution in [2.24, 2.45) is 17.8 Å². The molecule has 288 valence electrons. The molecule has 1 saturated carbocycles.